The molecular weight excluding hydrogens is 154 g/mol. The summed E-state index contributed by atoms with van der Waals surface area (Å²) < 4.78 is 1.87. The van der Waals surface area contributed by atoms with Gasteiger partial charge in [0, 0.05) is 0 Å². The average molecular weight is 165 g/mol. The lowest BCUT2D eigenvalue weighted by atomic mass is 10.4. The van der Waals surface area contributed by atoms with E-state index in [0.717, 1.165) is 17.3 Å². The van der Waals surface area contributed by atoms with Crippen LogP contribution < -0.4 is 11.1 Å². The molecule has 5 heteroatoms. The van der Waals surface area contributed by atoms with Gasteiger partial charge in [0.25, 0.3) is 0 Å². The zero-order valence-electron chi connectivity index (χ0n) is 7.07. The first-order valence-electron chi connectivity index (χ1n) is 3.79. The molecule has 0 fully saturated rings. The summed E-state index contributed by atoms with van der Waals surface area (Å²) in [7, 11) is 0. The molecule has 1 aromatic rings. The van der Waals surface area contributed by atoms with E-state index < -0.39 is 0 Å². The van der Waals surface area contributed by atoms with E-state index in [1.807, 2.05) is 18.4 Å². The van der Waals surface area contributed by atoms with Crippen LogP contribution in [0.3, 0.4) is 0 Å². The number of anilines is 1. The first kappa shape index (κ1) is 7.30. The summed E-state index contributed by atoms with van der Waals surface area (Å²) in [4.78, 5) is 8.29. The van der Waals surface area contributed by atoms with E-state index in [-0.39, 0.29) is 6.29 Å². The second kappa shape index (κ2) is 2.31. The summed E-state index contributed by atoms with van der Waals surface area (Å²) in [6.45, 7) is 3.86. The van der Waals surface area contributed by atoms with Gasteiger partial charge in [-0.3, -0.25) is 10.3 Å². The minimum atomic E-state index is -0.331. The van der Waals surface area contributed by atoms with Crippen molar-refractivity contribution in [3.63, 3.8) is 0 Å². The number of aryl methyl sites for hydroxylation is 2. The highest BCUT2D eigenvalue weighted by Gasteiger charge is 2.17. The molecule has 1 aromatic heterocycles. The van der Waals surface area contributed by atoms with Crippen LogP contribution in [0.1, 0.15) is 17.8 Å². The Bertz CT molecular complexity index is 338. The highest BCUT2D eigenvalue weighted by atomic mass is 15.3. The Hall–Kier alpha value is -1.36. The molecule has 0 saturated heterocycles. The molecule has 12 heavy (non-hydrogen) atoms. The molecule has 2 heterocycles. The van der Waals surface area contributed by atoms with Gasteiger partial charge in [0.1, 0.15) is 11.6 Å². The highest BCUT2D eigenvalue weighted by molar-refractivity contribution is 5.76. The number of aliphatic imine (C=N–C) groups is 1. The molecule has 0 saturated carbocycles. The molecule has 0 aromatic carbocycles. The van der Waals surface area contributed by atoms with Crippen molar-refractivity contribution < 1.29 is 0 Å². The molecule has 5 nitrogen and oxygen atoms in total. The van der Waals surface area contributed by atoms with Gasteiger partial charge in [-0.15, -0.1) is 0 Å². The van der Waals surface area contributed by atoms with Crippen LogP contribution in [0.15, 0.2) is 4.99 Å². The van der Waals surface area contributed by atoms with Crippen LogP contribution in [0.5, 0.6) is 0 Å². The van der Waals surface area contributed by atoms with Gasteiger partial charge < -0.3 is 5.32 Å². The largest absolute Gasteiger partial charge is 0.331 e. The quantitative estimate of drug-likeness (QED) is 0.583. The zero-order valence-corrected chi connectivity index (χ0v) is 7.07. The van der Waals surface area contributed by atoms with E-state index in [0.29, 0.717) is 0 Å². The topological polar surface area (TPSA) is 68.2 Å². The van der Waals surface area contributed by atoms with Gasteiger partial charge in [-0.25, -0.2) is 9.98 Å². The molecule has 0 aliphatic carbocycles. The van der Waals surface area contributed by atoms with Crippen molar-refractivity contribution in [1.29, 1.82) is 0 Å². The molecule has 64 valence electrons. The smallest absolute Gasteiger partial charge is 0.181 e. The Morgan fingerprint density at radius 2 is 2.33 bits per heavy atom. The third-order valence-corrected chi connectivity index (χ3v) is 1.95. The van der Waals surface area contributed by atoms with Crippen molar-refractivity contribution in [3.05, 3.63) is 11.5 Å². The molecule has 0 bridgehead atoms. The third-order valence-electron chi connectivity index (χ3n) is 1.95. The Morgan fingerprint density at radius 3 is 3.00 bits per heavy atom. The predicted octanol–water partition coefficient (Wildman–Crippen LogP) is 0.369. The van der Waals surface area contributed by atoms with Crippen molar-refractivity contribution in [2.24, 2.45) is 10.7 Å². The standard InChI is InChI=1S/C7H11N5/c1-4-6-9-3-10-7(8)12(6)5(2)11-4/h3,7H,8H2,1-2H3,(H,9,10). The maximum absolute atomic E-state index is 5.75. The number of fused-ring (bicyclic) bond motifs is 1. The fourth-order valence-corrected chi connectivity index (χ4v) is 1.42. The number of nitrogens with zero attached hydrogens (tertiary/aromatic N) is 3. The summed E-state index contributed by atoms with van der Waals surface area (Å²) in [5, 5.41) is 3.01. The Kier molecular flexibility index (Phi) is 1.41. The van der Waals surface area contributed by atoms with Crippen LogP contribution >= 0.6 is 0 Å². The van der Waals surface area contributed by atoms with E-state index >= 15 is 0 Å². The molecular formula is C7H11N5. The predicted molar refractivity (Wildman–Crippen MR) is 47.0 cm³/mol. The summed E-state index contributed by atoms with van der Waals surface area (Å²) in [5.74, 6) is 1.83. The average Bonchev–Trinajstić information content (AvgIpc) is 2.29. The number of imidazole rings is 1. The monoisotopic (exact) mass is 165 g/mol. The van der Waals surface area contributed by atoms with Crippen LogP contribution in [-0.2, 0) is 0 Å². The lowest BCUT2D eigenvalue weighted by Crippen LogP contribution is -2.24. The van der Waals surface area contributed by atoms with Gasteiger partial charge in [-0.1, -0.05) is 0 Å². The Balaban J connectivity index is 2.60. The number of rotatable bonds is 0. The second-order valence-electron chi connectivity index (χ2n) is 2.80. The van der Waals surface area contributed by atoms with Crippen molar-refractivity contribution in [1.82, 2.24) is 9.55 Å². The molecule has 2 rings (SSSR count). The summed E-state index contributed by atoms with van der Waals surface area (Å²) in [6, 6.07) is 0. The minimum Gasteiger partial charge on any atom is -0.331 e. The second-order valence-corrected chi connectivity index (χ2v) is 2.80. The molecule has 3 N–H and O–H groups in total. The molecule has 1 aliphatic rings. The summed E-state index contributed by atoms with van der Waals surface area (Å²) in [6.07, 6.45) is 1.27. The molecule has 0 spiro atoms. The van der Waals surface area contributed by atoms with Crippen molar-refractivity contribution in [2.75, 3.05) is 5.32 Å². The zero-order chi connectivity index (χ0) is 8.72. The molecule has 1 unspecified atom stereocenters. The number of hydrogen-bond acceptors (Lipinski definition) is 4. The normalized spacial score (nSPS) is 20.4. The van der Waals surface area contributed by atoms with Crippen molar-refractivity contribution in [2.45, 2.75) is 20.1 Å². The maximum atomic E-state index is 5.75. The number of aromatic nitrogens is 2. The van der Waals surface area contributed by atoms with E-state index in [1.54, 1.807) is 6.34 Å². The van der Waals surface area contributed by atoms with Crippen LogP contribution in [0.4, 0.5) is 5.82 Å². The number of hydrogen-bond donors (Lipinski definition) is 2. The molecule has 0 radical (unpaired) electrons. The SMILES string of the molecule is Cc1nc(C)n2c1NC=NC2N. The Labute approximate surface area is 70.3 Å². The van der Waals surface area contributed by atoms with Crippen LogP contribution in [0, 0.1) is 13.8 Å². The third kappa shape index (κ3) is 0.831. The van der Waals surface area contributed by atoms with Crippen LogP contribution in [-0.4, -0.2) is 15.9 Å². The first-order chi connectivity index (χ1) is 5.70. The van der Waals surface area contributed by atoms with Crippen LogP contribution in [0.2, 0.25) is 0 Å². The van der Waals surface area contributed by atoms with E-state index in [9.17, 15) is 0 Å². The highest BCUT2D eigenvalue weighted by Crippen LogP contribution is 2.22. The molecule has 1 atom stereocenters. The van der Waals surface area contributed by atoms with Crippen molar-refractivity contribution in [3.8, 4) is 0 Å². The van der Waals surface area contributed by atoms with E-state index in [2.05, 4.69) is 15.3 Å². The molecule has 1 aliphatic heterocycles. The summed E-state index contributed by atoms with van der Waals surface area (Å²) in [5.41, 5.74) is 6.70. The number of nitrogens with two attached hydrogens (primary N) is 1. The van der Waals surface area contributed by atoms with Gasteiger partial charge in [0.15, 0.2) is 6.29 Å². The van der Waals surface area contributed by atoms with Crippen molar-refractivity contribution >= 4 is 12.2 Å². The molecule has 0 amide bonds. The van der Waals surface area contributed by atoms with Gasteiger partial charge in [-0.05, 0) is 13.8 Å². The maximum Gasteiger partial charge on any atom is 0.181 e. The van der Waals surface area contributed by atoms with Gasteiger partial charge in [-0.2, -0.15) is 0 Å². The summed E-state index contributed by atoms with van der Waals surface area (Å²) >= 11 is 0. The van der Waals surface area contributed by atoms with Crippen LogP contribution in [0.25, 0.3) is 0 Å². The minimum absolute atomic E-state index is 0.331. The van der Waals surface area contributed by atoms with Gasteiger partial charge >= 0.3 is 0 Å². The fourth-order valence-electron chi connectivity index (χ4n) is 1.42. The lowest BCUT2D eigenvalue weighted by Gasteiger charge is -2.18. The van der Waals surface area contributed by atoms with Gasteiger partial charge in [0.2, 0.25) is 0 Å². The Morgan fingerprint density at radius 1 is 1.58 bits per heavy atom. The fraction of sp³-hybridized carbons (Fsp3) is 0.429. The van der Waals surface area contributed by atoms with Gasteiger partial charge in [0.05, 0.1) is 12.0 Å². The van der Waals surface area contributed by atoms with E-state index in [1.165, 1.54) is 0 Å². The lowest BCUT2D eigenvalue weighted by molar-refractivity contribution is 0.534. The number of nitrogens with one attached hydrogen (secondary N) is 1. The first-order valence-corrected chi connectivity index (χ1v) is 3.79. The van der Waals surface area contributed by atoms with E-state index in [4.69, 9.17) is 5.73 Å².